The van der Waals surface area contributed by atoms with Crippen LogP contribution in [0.25, 0.3) is 11.4 Å². The summed E-state index contributed by atoms with van der Waals surface area (Å²) >= 11 is 0. The molecule has 0 saturated heterocycles. The number of hydrogen-bond acceptors (Lipinski definition) is 4. The zero-order valence-electron chi connectivity index (χ0n) is 14.7. The number of fused-ring (bicyclic) bond motifs is 1. The molecule has 132 valence electrons. The number of nitrogens with one attached hydrogen (secondary N) is 1. The van der Waals surface area contributed by atoms with E-state index in [1.165, 1.54) is 0 Å². The number of methoxy groups -OCH3 is 1. The van der Waals surface area contributed by atoms with Crippen LogP contribution in [-0.4, -0.2) is 28.5 Å². The molecule has 4 rings (SSSR count). The van der Waals surface area contributed by atoms with Crippen LogP contribution in [-0.2, 0) is 19.5 Å². The maximum Gasteiger partial charge on any atom is 0.254 e. The number of para-hydroxylation sites is 1. The van der Waals surface area contributed by atoms with Crippen molar-refractivity contribution < 1.29 is 4.74 Å². The number of hydrogen-bond donors (Lipinski definition) is 1. The van der Waals surface area contributed by atoms with Crippen molar-refractivity contribution in [1.82, 2.24) is 14.9 Å². The monoisotopic (exact) mass is 347 g/mol. The van der Waals surface area contributed by atoms with Gasteiger partial charge in [0.2, 0.25) is 0 Å². The number of nitrogens with zero attached hydrogens (tertiary/aromatic N) is 2. The molecule has 3 aromatic rings. The van der Waals surface area contributed by atoms with Crippen molar-refractivity contribution in [2.24, 2.45) is 0 Å². The molecule has 0 saturated carbocycles. The fraction of sp³-hybridized carbons (Fsp3) is 0.238. The molecule has 0 amide bonds. The molecule has 1 aliphatic heterocycles. The molecule has 26 heavy (non-hydrogen) atoms. The minimum Gasteiger partial charge on any atom is -0.496 e. The SMILES string of the molecule is COc1ccccc1CN1CCc2c(nc(-c3ccccc3)[nH]c2=O)C1. The number of aromatic nitrogens is 2. The minimum absolute atomic E-state index is 0.0224. The molecule has 2 heterocycles. The van der Waals surface area contributed by atoms with Gasteiger partial charge >= 0.3 is 0 Å². The molecule has 5 heteroatoms. The van der Waals surface area contributed by atoms with Gasteiger partial charge in [0.1, 0.15) is 11.6 Å². The number of ether oxygens (including phenoxy) is 1. The molecule has 1 N–H and O–H groups in total. The van der Waals surface area contributed by atoms with Crippen molar-refractivity contribution in [2.45, 2.75) is 19.5 Å². The highest BCUT2D eigenvalue weighted by Crippen LogP contribution is 2.23. The Bertz CT molecular complexity index is 966. The van der Waals surface area contributed by atoms with Gasteiger partial charge in [0, 0.05) is 36.3 Å². The summed E-state index contributed by atoms with van der Waals surface area (Å²) in [4.78, 5) is 22.5. The van der Waals surface area contributed by atoms with E-state index in [1.807, 2.05) is 48.5 Å². The van der Waals surface area contributed by atoms with E-state index in [2.05, 4.69) is 16.0 Å². The zero-order valence-corrected chi connectivity index (χ0v) is 14.7. The highest BCUT2D eigenvalue weighted by atomic mass is 16.5. The number of rotatable bonds is 4. The average Bonchev–Trinajstić information content (AvgIpc) is 2.69. The number of benzene rings is 2. The van der Waals surface area contributed by atoms with E-state index in [4.69, 9.17) is 9.72 Å². The summed E-state index contributed by atoms with van der Waals surface area (Å²) < 4.78 is 5.46. The van der Waals surface area contributed by atoms with Crippen molar-refractivity contribution >= 4 is 0 Å². The second-order valence-corrected chi connectivity index (χ2v) is 6.48. The summed E-state index contributed by atoms with van der Waals surface area (Å²) in [6.07, 6.45) is 0.710. The van der Waals surface area contributed by atoms with Gasteiger partial charge in [-0.15, -0.1) is 0 Å². The summed E-state index contributed by atoms with van der Waals surface area (Å²) in [5.41, 5.74) is 3.72. The fourth-order valence-corrected chi connectivity index (χ4v) is 3.44. The van der Waals surface area contributed by atoms with Crippen molar-refractivity contribution in [1.29, 1.82) is 0 Å². The first-order chi connectivity index (χ1) is 12.7. The van der Waals surface area contributed by atoms with Crippen LogP contribution in [0, 0.1) is 0 Å². The third-order valence-corrected chi connectivity index (χ3v) is 4.79. The molecule has 1 aromatic heterocycles. The first kappa shape index (κ1) is 16.5. The molecule has 1 aliphatic rings. The topological polar surface area (TPSA) is 58.2 Å². The minimum atomic E-state index is -0.0224. The van der Waals surface area contributed by atoms with E-state index in [0.717, 1.165) is 41.2 Å². The van der Waals surface area contributed by atoms with E-state index in [1.54, 1.807) is 7.11 Å². The summed E-state index contributed by atoms with van der Waals surface area (Å²) in [7, 11) is 1.69. The van der Waals surface area contributed by atoms with Crippen LogP contribution in [0.2, 0.25) is 0 Å². The first-order valence-electron chi connectivity index (χ1n) is 8.76. The third kappa shape index (κ3) is 3.26. The van der Waals surface area contributed by atoms with Crippen molar-refractivity contribution in [3.63, 3.8) is 0 Å². The predicted molar refractivity (Wildman–Crippen MR) is 101 cm³/mol. The second-order valence-electron chi connectivity index (χ2n) is 6.48. The lowest BCUT2D eigenvalue weighted by Gasteiger charge is -2.28. The number of H-pyrrole nitrogens is 1. The lowest BCUT2D eigenvalue weighted by Crippen LogP contribution is -2.35. The van der Waals surface area contributed by atoms with E-state index >= 15 is 0 Å². The zero-order chi connectivity index (χ0) is 17.9. The molecule has 0 unspecified atom stereocenters. The molecular weight excluding hydrogens is 326 g/mol. The van der Waals surface area contributed by atoms with Crippen LogP contribution in [0.4, 0.5) is 0 Å². The highest BCUT2D eigenvalue weighted by Gasteiger charge is 2.22. The highest BCUT2D eigenvalue weighted by molar-refractivity contribution is 5.54. The second kappa shape index (κ2) is 7.14. The van der Waals surface area contributed by atoms with Crippen molar-refractivity contribution in [3.05, 3.63) is 81.8 Å². The third-order valence-electron chi connectivity index (χ3n) is 4.79. The normalized spacial score (nSPS) is 14.0. The average molecular weight is 347 g/mol. The van der Waals surface area contributed by atoms with Crippen LogP contribution in [0.3, 0.4) is 0 Å². The Morgan fingerprint density at radius 2 is 1.88 bits per heavy atom. The van der Waals surface area contributed by atoms with Gasteiger partial charge < -0.3 is 9.72 Å². The van der Waals surface area contributed by atoms with E-state index < -0.39 is 0 Å². The Morgan fingerprint density at radius 1 is 1.12 bits per heavy atom. The van der Waals surface area contributed by atoms with Gasteiger partial charge in [0.15, 0.2) is 0 Å². The Hall–Kier alpha value is -2.92. The molecule has 0 bridgehead atoms. The van der Waals surface area contributed by atoms with Gasteiger partial charge in [-0.2, -0.15) is 0 Å². The summed E-state index contributed by atoms with van der Waals surface area (Å²) in [5, 5.41) is 0. The largest absolute Gasteiger partial charge is 0.496 e. The van der Waals surface area contributed by atoms with E-state index in [0.29, 0.717) is 18.8 Å². The van der Waals surface area contributed by atoms with Gasteiger partial charge in [-0.3, -0.25) is 9.69 Å². The maximum absolute atomic E-state index is 12.5. The molecular formula is C21H21N3O2. The first-order valence-corrected chi connectivity index (χ1v) is 8.76. The molecule has 0 fully saturated rings. The lowest BCUT2D eigenvalue weighted by molar-refractivity contribution is 0.237. The van der Waals surface area contributed by atoms with Crippen LogP contribution >= 0.6 is 0 Å². The fourth-order valence-electron chi connectivity index (χ4n) is 3.44. The molecule has 0 aliphatic carbocycles. The Balaban J connectivity index is 1.62. The molecule has 2 aromatic carbocycles. The lowest BCUT2D eigenvalue weighted by atomic mass is 10.0. The Kier molecular flexibility index (Phi) is 4.54. The molecule has 0 radical (unpaired) electrons. The van der Waals surface area contributed by atoms with Crippen LogP contribution < -0.4 is 10.3 Å². The van der Waals surface area contributed by atoms with Gasteiger partial charge in [-0.05, 0) is 12.5 Å². The predicted octanol–water partition coefficient (Wildman–Crippen LogP) is 3.00. The van der Waals surface area contributed by atoms with Crippen LogP contribution in [0.1, 0.15) is 16.8 Å². The Labute approximate surface area is 152 Å². The van der Waals surface area contributed by atoms with Gasteiger partial charge in [0.05, 0.1) is 12.8 Å². The van der Waals surface area contributed by atoms with Gasteiger partial charge in [-0.25, -0.2) is 4.98 Å². The summed E-state index contributed by atoms with van der Waals surface area (Å²) in [6.45, 7) is 2.27. The number of aromatic amines is 1. The molecule has 0 spiro atoms. The summed E-state index contributed by atoms with van der Waals surface area (Å²) in [5.74, 6) is 1.52. The molecule has 5 nitrogen and oxygen atoms in total. The summed E-state index contributed by atoms with van der Waals surface area (Å²) in [6, 6.07) is 17.8. The van der Waals surface area contributed by atoms with Crippen LogP contribution in [0.5, 0.6) is 5.75 Å². The van der Waals surface area contributed by atoms with E-state index in [-0.39, 0.29) is 5.56 Å². The smallest absolute Gasteiger partial charge is 0.254 e. The quantitative estimate of drug-likeness (QED) is 0.788. The van der Waals surface area contributed by atoms with Crippen molar-refractivity contribution in [3.8, 4) is 17.1 Å². The van der Waals surface area contributed by atoms with Gasteiger partial charge in [-0.1, -0.05) is 48.5 Å². The maximum atomic E-state index is 12.5. The van der Waals surface area contributed by atoms with E-state index in [9.17, 15) is 4.79 Å². The Morgan fingerprint density at radius 3 is 2.69 bits per heavy atom. The van der Waals surface area contributed by atoms with Crippen molar-refractivity contribution in [2.75, 3.05) is 13.7 Å². The standard InChI is InChI=1S/C21H21N3O2/c1-26-19-10-6-5-9-16(19)13-24-12-11-17-18(14-24)22-20(23-21(17)25)15-7-3-2-4-8-15/h2-10H,11-14H2,1H3,(H,22,23,25). The van der Waals surface area contributed by atoms with Gasteiger partial charge in [0.25, 0.3) is 5.56 Å². The van der Waals surface area contributed by atoms with Crippen LogP contribution in [0.15, 0.2) is 59.4 Å². The molecule has 0 atom stereocenters.